The second-order valence-electron chi connectivity index (χ2n) is 5.06. The lowest BCUT2D eigenvalue weighted by Crippen LogP contribution is -2.17. The molecule has 0 spiro atoms. The molecule has 1 atom stereocenters. The highest BCUT2D eigenvalue weighted by atomic mass is 79.9. The molecule has 1 aliphatic rings. The van der Waals surface area contributed by atoms with Crippen molar-refractivity contribution in [1.82, 2.24) is 10.1 Å². The number of Topliss-reactive ketones (excluding diaryl/α,β-unsaturated/α-hetero) is 1. The Labute approximate surface area is 135 Å². The van der Waals surface area contributed by atoms with Crippen LogP contribution in [0.25, 0.3) is 0 Å². The molecule has 21 heavy (non-hydrogen) atoms. The topological polar surface area (TPSA) is 56.0 Å². The largest absolute Gasteiger partial charge is 0.339 e. The maximum Gasteiger partial charge on any atom is 0.237 e. The van der Waals surface area contributed by atoms with Gasteiger partial charge in [-0.25, -0.2) is 0 Å². The van der Waals surface area contributed by atoms with E-state index in [4.69, 9.17) is 4.52 Å². The van der Waals surface area contributed by atoms with Gasteiger partial charge in [0.1, 0.15) is 5.78 Å². The van der Waals surface area contributed by atoms with E-state index in [-0.39, 0.29) is 11.7 Å². The summed E-state index contributed by atoms with van der Waals surface area (Å²) in [4.78, 5) is 17.4. The summed E-state index contributed by atoms with van der Waals surface area (Å²) >= 11 is 5.07. The predicted octanol–water partition coefficient (Wildman–Crippen LogP) is 4.35. The van der Waals surface area contributed by atoms with Crippen LogP contribution in [0.1, 0.15) is 43.3 Å². The zero-order valence-electron chi connectivity index (χ0n) is 11.4. The number of carbonyl (C=O) groups excluding carboxylic acids is 1. The molecule has 0 amide bonds. The van der Waals surface area contributed by atoms with Crippen molar-refractivity contribution in [2.75, 3.05) is 0 Å². The first-order valence-corrected chi connectivity index (χ1v) is 8.74. The highest BCUT2D eigenvalue weighted by Gasteiger charge is 2.28. The minimum absolute atomic E-state index is 0.183. The Morgan fingerprint density at radius 1 is 1.29 bits per heavy atom. The first kappa shape index (κ1) is 14.8. The monoisotopic (exact) mass is 366 g/mol. The van der Waals surface area contributed by atoms with Crippen molar-refractivity contribution >= 4 is 33.5 Å². The molecule has 0 radical (unpaired) electrons. The molecule has 1 aromatic carbocycles. The third-order valence-electron chi connectivity index (χ3n) is 3.52. The van der Waals surface area contributed by atoms with Crippen LogP contribution in [0.5, 0.6) is 0 Å². The lowest BCUT2D eigenvalue weighted by molar-refractivity contribution is -0.122. The molecule has 1 heterocycles. The zero-order valence-corrected chi connectivity index (χ0v) is 13.8. The summed E-state index contributed by atoms with van der Waals surface area (Å²) in [6.07, 6.45) is 3.51. The Balaban J connectivity index is 1.62. The number of halogens is 1. The van der Waals surface area contributed by atoms with Crippen LogP contribution < -0.4 is 0 Å². The van der Waals surface area contributed by atoms with E-state index in [0.29, 0.717) is 23.9 Å². The molecule has 1 aliphatic carbocycles. The summed E-state index contributed by atoms with van der Waals surface area (Å²) in [6.45, 7) is 0. The van der Waals surface area contributed by atoms with Gasteiger partial charge in [0.2, 0.25) is 5.89 Å². The number of benzene rings is 1. The van der Waals surface area contributed by atoms with E-state index in [1.165, 1.54) is 0 Å². The van der Waals surface area contributed by atoms with Crippen LogP contribution >= 0.6 is 27.7 Å². The maximum atomic E-state index is 11.9. The first-order chi connectivity index (χ1) is 10.2. The number of carbonyl (C=O) groups is 1. The number of thioether (sulfide) groups is 1. The van der Waals surface area contributed by atoms with Gasteiger partial charge in [-0.05, 0) is 37.1 Å². The average molecular weight is 367 g/mol. The number of hydrogen-bond donors (Lipinski definition) is 0. The van der Waals surface area contributed by atoms with Crippen LogP contribution in [0.15, 0.2) is 38.2 Å². The third-order valence-corrected chi connectivity index (χ3v) is 5.05. The van der Waals surface area contributed by atoms with Crippen LogP contribution in [-0.2, 0) is 10.5 Å². The molecule has 110 valence electrons. The van der Waals surface area contributed by atoms with E-state index >= 15 is 0 Å². The summed E-state index contributed by atoms with van der Waals surface area (Å²) in [5.41, 5.74) is 0. The van der Waals surface area contributed by atoms with Gasteiger partial charge in [0.15, 0.2) is 5.82 Å². The summed E-state index contributed by atoms with van der Waals surface area (Å²) in [7, 11) is 0. The molecular weight excluding hydrogens is 352 g/mol. The molecule has 0 bridgehead atoms. The van der Waals surface area contributed by atoms with Gasteiger partial charge in [-0.3, -0.25) is 4.79 Å². The second kappa shape index (κ2) is 6.75. The highest BCUT2D eigenvalue weighted by Crippen LogP contribution is 2.30. The number of aromatic nitrogens is 2. The minimum Gasteiger partial charge on any atom is -0.339 e. The standard InChI is InChI=1S/C15H15BrN2O2S/c16-10-5-7-11(8-6-10)21-9-14-17-15(20-18-14)12-3-1-2-4-13(12)19/h5-8,12H,1-4,9H2. The Morgan fingerprint density at radius 3 is 2.86 bits per heavy atom. The van der Waals surface area contributed by atoms with Crippen molar-refractivity contribution in [2.45, 2.75) is 42.2 Å². The van der Waals surface area contributed by atoms with Gasteiger partial charge in [0.05, 0.1) is 11.7 Å². The summed E-state index contributed by atoms with van der Waals surface area (Å²) < 4.78 is 6.34. The smallest absolute Gasteiger partial charge is 0.237 e. The molecule has 4 nitrogen and oxygen atoms in total. The second-order valence-corrected chi connectivity index (χ2v) is 7.02. The molecular formula is C15H15BrN2O2S. The van der Waals surface area contributed by atoms with Crippen molar-refractivity contribution in [3.8, 4) is 0 Å². The van der Waals surface area contributed by atoms with Gasteiger partial charge < -0.3 is 4.52 Å². The van der Waals surface area contributed by atoms with Gasteiger partial charge in [-0.2, -0.15) is 4.98 Å². The van der Waals surface area contributed by atoms with Crippen LogP contribution in [0.4, 0.5) is 0 Å². The van der Waals surface area contributed by atoms with Crippen LogP contribution in [0.3, 0.4) is 0 Å². The zero-order chi connectivity index (χ0) is 14.7. The molecule has 1 saturated carbocycles. The first-order valence-electron chi connectivity index (χ1n) is 6.96. The third kappa shape index (κ3) is 3.74. The number of ketones is 1. The van der Waals surface area contributed by atoms with Gasteiger partial charge in [0.25, 0.3) is 0 Å². The molecule has 2 aromatic rings. The van der Waals surface area contributed by atoms with Gasteiger partial charge in [-0.15, -0.1) is 11.8 Å². The molecule has 0 aliphatic heterocycles. The van der Waals surface area contributed by atoms with Crippen LogP contribution in [0.2, 0.25) is 0 Å². The van der Waals surface area contributed by atoms with Crippen molar-refractivity contribution in [2.24, 2.45) is 0 Å². The molecule has 0 N–H and O–H groups in total. The molecule has 0 saturated heterocycles. The fourth-order valence-electron chi connectivity index (χ4n) is 2.39. The van der Waals surface area contributed by atoms with E-state index < -0.39 is 0 Å². The summed E-state index contributed by atoms with van der Waals surface area (Å²) in [5.74, 6) is 1.84. The van der Waals surface area contributed by atoms with Gasteiger partial charge in [0, 0.05) is 15.8 Å². The van der Waals surface area contributed by atoms with E-state index in [9.17, 15) is 4.79 Å². The summed E-state index contributed by atoms with van der Waals surface area (Å²) in [6, 6.07) is 8.09. The Hall–Kier alpha value is -1.14. The molecule has 3 rings (SSSR count). The maximum absolute atomic E-state index is 11.9. The number of nitrogens with zero attached hydrogens (tertiary/aromatic N) is 2. The van der Waals surface area contributed by atoms with E-state index in [2.05, 4.69) is 26.1 Å². The predicted molar refractivity (Wildman–Crippen MR) is 84.2 cm³/mol. The fourth-order valence-corrected chi connectivity index (χ4v) is 3.40. The van der Waals surface area contributed by atoms with Crippen molar-refractivity contribution < 1.29 is 9.32 Å². The van der Waals surface area contributed by atoms with Crippen molar-refractivity contribution in [1.29, 1.82) is 0 Å². The van der Waals surface area contributed by atoms with E-state index in [0.717, 1.165) is 28.6 Å². The van der Waals surface area contributed by atoms with Gasteiger partial charge >= 0.3 is 0 Å². The van der Waals surface area contributed by atoms with E-state index in [1.54, 1.807) is 11.8 Å². The lowest BCUT2D eigenvalue weighted by Gasteiger charge is -2.16. The van der Waals surface area contributed by atoms with Crippen LogP contribution in [0, 0.1) is 0 Å². The Morgan fingerprint density at radius 2 is 2.10 bits per heavy atom. The minimum atomic E-state index is -0.183. The number of hydrogen-bond acceptors (Lipinski definition) is 5. The Kier molecular flexibility index (Phi) is 4.75. The van der Waals surface area contributed by atoms with Crippen molar-refractivity contribution in [3.05, 3.63) is 40.5 Å². The average Bonchev–Trinajstić information content (AvgIpc) is 2.96. The lowest BCUT2D eigenvalue weighted by atomic mass is 9.88. The molecule has 1 fully saturated rings. The quantitative estimate of drug-likeness (QED) is 0.752. The molecule has 1 aromatic heterocycles. The summed E-state index contributed by atoms with van der Waals surface area (Å²) in [5, 5.41) is 3.99. The van der Waals surface area contributed by atoms with Gasteiger partial charge in [-0.1, -0.05) is 27.5 Å². The van der Waals surface area contributed by atoms with E-state index in [1.807, 2.05) is 24.3 Å². The normalized spacial score (nSPS) is 18.9. The number of rotatable bonds is 4. The Bertz CT molecular complexity index is 627. The van der Waals surface area contributed by atoms with Crippen molar-refractivity contribution in [3.63, 3.8) is 0 Å². The highest BCUT2D eigenvalue weighted by molar-refractivity contribution is 9.10. The van der Waals surface area contributed by atoms with Crippen LogP contribution in [-0.4, -0.2) is 15.9 Å². The fraction of sp³-hybridized carbons (Fsp3) is 0.400. The SMILES string of the molecule is O=C1CCCCC1c1nc(CSc2ccc(Br)cc2)no1. The molecule has 1 unspecified atom stereocenters. The molecule has 6 heteroatoms.